The van der Waals surface area contributed by atoms with Crippen LogP contribution in [0.25, 0.3) is 0 Å². The first-order chi connectivity index (χ1) is 6.85. The maximum atomic E-state index is 10.9. The summed E-state index contributed by atoms with van der Waals surface area (Å²) >= 11 is 0. The molecule has 0 fully saturated rings. The molecule has 0 aliphatic heterocycles. The van der Waals surface area contributed by atoms with Crippen LogP contribution in [0.15, 0.2) is 5.16 Å². The molecule has 90 valence electrons. The molecular formula is C8H19N3O3S. The molecule has 0 saturated carbocycles. The molecule has 6 nitrogen and oxygen atoms in total. The summed E-state index contributed by atoms with van der Waals surface area (Å²) in [7, 11) is -1.05. The third-order valence-corrected chi connectivity index (χ3v) is 2.87. The van der Waals surface area contributed by atoms with Crippen molar-refractivity contribution < 1.29 is 13.6 Å². The van der Waals surface area contributed by atoms with Crippen molar-refractivity contribution in [2.75, 3.05) is 32.1 Å². The van der Waals surface area contributed by atoms with E-state index in [1.54, 1.807) is 0 Å². The minimum absolute atomic E-state index is 0.160. The van der Waals surface area contributed by atoms with Crippen LogP contribution < -0.4 is 5.73 Å². The summed E-state index contributed by atoms with van der Waals surface area (Å²) in [5.74, 6) is 0.360. The van der Waals surface area contributed by atoms with Gasteiger partial charge in [-0.15, -0.1) is 0 Å². The number of rotatable bonds is 7. The van der Waals surface area contributed by atoms with E-state index in [2.05, 4.69) is 5.16 Å². The lowest BCUT2D eigenvalue weighted by molar-refractivity contribution is 0.314. The first kappa shape index (κ1) is 14.2. The zero-order valence-electron chi connectivity index (χ0n) is 9.18. The number of oxime groups is 1. The van der Waals surface area contributed by atoms with E-state index in [0.717, 1.165) is 13.0 Å². The van der Waals surface area contributed by atoms with E-state index in [0.29, 0.717) is 13.0 Å². The normalized spacial score (nSPS) is 13.4. The monoisotopic (exact) mass is 237 g/mol. The fraction of sp³-hybridized carbons (Fsp3) is 0.875. The minimum atomic E-state index is -2.90. The van der Waals surface area contributed by atoms with Crippen molar-refractivity contribution >= 4 is 15.7 Å². The quantitative estimate of drug-likeness (QED) is 0.269. The molecule has 0 aliphatic carbocycles. The summed E-state index contributed by atoms with van der Waals surface area (Å²) < 4.78 is 21.7. The Balaban J connectivity index is 3.63. The van der Waals surface area contributed by atoms with E-state index in [4.69, 9.17) is 10.9 Å². The molecule has 7 heteroatoms. The zero-order chi connectivity index (χ0) is 11.9. The van der Waals surface area contributed by atoms with Crippen LogP contribution in [0.3, 0.4) is 0 Å². The molecule has 0 unspecified atom stereocenters. The number of nitrogens with zero attached hydrogens (tertiary/aromatic N) is 2. The lowest BCUT2D eigenvalue weighted by atomic mass is 10.3. The summed E-state index contributed by atoms with van der Waals surface area (Å²) in [6.07, 6.45) is 2.48. The predicted molar refractivity (Wildman–Crippen MR) is 59.9 cm³/mol. The van der Waals surface area contributed by atoms with Gasteiger partial charge in [-0.2, -0.15) is 0 Å². The average Bonchev–Trinajstić information content (AvgIpc) is 2.13. The highest BCUT2D eigenvalue weighted by molar-refractivity contribution is 7.90. The Morgan fingerprint density at radius 2 is 2.07 bits per heavy atom. The van der Waals surface area contributed by atoms with Crippen molar-refractivity contribution in [3.63, 3.8) is 0 Å². The molecule has 3 N–H and O–H groups in total. The van der Waals surface area contributed by atoms with Crippen molar-refractivity contribution in [1.82, 2.24) is 4.90 Å². The summed E-state index contributed by atoms with van der Waals surface area (Å²) in [6, 6.07) is 0. The fourth-order valence-corrected chi connectivity index (χ4v) is 1.66. The van der Waals surface area contributed by atoms with Gasteiger partial charge in [0, 0.05) is 19.2 Å². The molecule has 0 saturated heterocycles. The molecule has 0 amide bonds. The van der Waals surface area contributed by atoms with Crippen LogP contribution in [-0.2, 0) is 9.84 Å². The van der Waals surface area contributed by atoms with Crippen LogP contribution >= 0.6 is 0 Å². The van der Waals surface area contributed by atoms with Crippen molar-refractivity contribution in [2.45, 2.75) is 12.8 Å². The van der Waals surface area contributed by atoms with Crippen molar-refractivity contribution in [3.05, 3.63) is 0 Å². The van der Waals surface area contributed by atoms with Gasteiger partial charge in [0.1, 0.15) is 15.7 Å². The third kappa shape index (κ3) is 9.48. The SMILES string of the molecule is CN(CCCC(N)=NO)CCS(C)(=O)=O. The lowest BCUT2D eigenvalue weighted by Gasteiger charge is -2.15. The van der Waals surface area contributed by atoms with Gasteiger partial charge >= 0.3 is 0 Å². The minimum Gasteiger partial charge on any atom is -0.409 e. The molecule has 0 aromatic heterocycles. The van der Waals surface area contributed by atoms with Crippen molar-refractivity contribution in [1.29, 1.82) is 0 Å². The lowest BCUT2D eigenvalue weighted by Crippen LogP contribution is -2.27. The Kier molecular flexibility index (Phi) is 6.26. The number of hydrogen-bond donors (Lipinski definition) is 2. The molecule has 0 aromatic carbocycles. The average molecular weight is 237 g/mol. The van der Waals surface area contributed by atoms with Crippen LogP contribution in [0.5, 0.6) is 0 Å². The summed E-state index contributed by atoms with van der Waals surface area (Å²) in [6.45, 7) is 1.24. The maximum Gasteiger partial charge on any atom is 0.148 e. The van der Waals surface area contributed by atoms with Crippen molar-refractivity contribution in [2.24, 2.45) is 10.9 Å². The van der Waals surface area contributed by atoms with Gasteiger partial charge in [-0.25, -0.2) is 8.42 Å². The van der Waals surface area contributed by atoms with E-state index in [9.17, 15) is 8.42 Å². The molecule has 0 atom stereocenters. The molecular weight excluding hydrogens is 218 g/mol. The molecule has 0 aromatic rings. The Hall–Kier alpha value is -0.820. The van der Waals surface area contributed by atoms with Gasteiger partial charge in [-0.05, 0) is 20.0 Å². The van der Waals surface area contributed by atoms with Gasteiger partial charge in [0.2, 0.25) is 0 Å². The van der Waals surface area contributed by atoms with Crippen molar-refractivity contribution in [3.8, 4) is 0 Å². The van der Waals surface area contributed by atoms with Crippen LogP contribution in [0.1, 0.15) is 12.8 Å². The Morgan fingerprint density at radius 1 is 1.47 bits per heavy atom. The highest BCUT2D eigenvalue weighted by Gasteiger charge is 2.05. The highest BCUT2D eigenvalue weighted by atomic mass is 32.2. The smallest absolute Gasteiger partial charge is 0.148 e. The molecule has 0 aliphatic rings. The van der Waals surface area contributed by atoms with Crippen LogP contribution in [0, 0.1) is 0 Å². The first-order valence-corrected chi connectivity index (χ1v) is 6.74. The van der Waals surface area contributed by atoms with E-state index >= 15 is 0 Å². The Labute approximate surface area is 90.7 Å². The molecule has 0 rings (SSSR count). The maximum absolute atomic E-state index is 10.9. The molecule has 0 spiro atoms. The number of nitrogens with two attached hydrogens (primary N) is 1. The summed E-state index contributed by atoms with van der Waals surface area (Å²) in [4.78, 5) is 1.91. The largest absolute Gasteiger partial charge is 0.409 e. The van der Waals surface area contributed by atoms with E-state index in [1.165, 1.54) is 6.26 Å². The molecule has 0 bridgehead atoms. The van der Waals surface area contributed by atoms with Gasteiger partial charge in [0.05, 0.1) is 5.75 Å². The Bertz CT molecular complexity index is 300. The molecule has 0 radical (unpaired) electrons. The number of sulfone groups is 1. The zero-order valence-corrected chi connectivity index (χ0v) is 10.00. The van der Waals surface area contributed by atoms with Gasteiger partial charge in [-0.1, -0.05) is 5.16 Å². The van der Waals surface area contributed by atoms with Gasteiger partial charge in [0.25, 0.3) is 0 Å². The van der Waals surface area contributed by atoms with Gasteiger partial charge < -0.3 is 15.8 Å². The number of amidine groups is 1. The third-order valence-electron chi connectivity index (χ3n) is 1.94. The van der Waals surface area contributed by atoms with E-state index in [-0.39, 0.29) is 11.6 Å². The highest BCUT2D eigenvalue weighted by Crippen LogP contribution is 1.94. The second-order valence-corrected chi connectivity index (χ2v) is 5.89. The standard InChI is InChI=1S/C8H19N3O3S/c1-11(6-7-15(2,13)14)5-3-4-8(9)10-12/h12H,3-7H2,1-2H3,(H2,9,10). The first-order valence-electron chi connectivity index (χ1n) is 4.68. The van der Waals surface area contributed by atoms with Gasteiger partial charge in [-0.3, -0.25) is 0 Å². The van der Waals surface area contributed by atoms with Gasteiger partial charge in [0.15, 0.2) is 0 Å². The fourth-order valence-electron chi connectivity index (χ4n) is 1.01. The molecule has 15 heavy (non-hydrogen) atoms. The van der Waals surface area contributed by atoms with Crippen LogP contribution in [-0.4, -0.2) is 56.5 Å². The van der Waals surface area contributed by atoms with E-state index < -0.39 is 9.84 Å². The van der Waals surface area contributed by atoms with Crippen LogP contribution in [0.2, 0.25) is 0 Å². The van der Waals surface area contributed by atoms with E-state index in [1.807, 2.05) is 11.9 Å². The molecule has 0 heterocycles. The summed E-state index contributed by atoms with van der Waals surface area (Å²) in [5.41, 5.74) is 5.29. The second-order valence-electron chi connectivity index (χ2n) is 3.63. The topological polar surface area (TPSA) is 96.0 Å². The predicted octanol–water partition coefficient (Wildman–Crippen LogP) is -0.511. The second kappa shape index (κ2) is 6.62. The Morgan fingerprint density at radius 3 is 2.53 bits per heavy atom. The number of hydrogen-bond acceptors (Lipinski definition) is 5. The summed E-state index contributed by atoms with van der Waals surface area (Å²) in [5, 5.41) is 11.1. The van der Waals surface area contributed by atoms with Crippen LogP contribution in [0.4, 0.5) is 0 Å².